The van der Waals surface area contributed by atoms with E-state index in [0.717, 1.165) is 31.1 Å². The molecule has 0 bridgehead atoms. The maximum absolute atomic E-state index is 5.72. The Morgan fingerprint density at radius 3 is 2.86 bits per heavy atom. The first-order valence-electron chi connectivity index (χ1n) is 7.52. The number of hydrogen-bond donors (Lipinski definition) is 1. The summed E-state index contributed by atoms with van der Waals surface area (Å²) in [5, 5.41) is 3.65. The van der Waals surface area contributed by atoms with Crippen LogP contribution < -0.4 is 10.1 Å². The summed E-state index contributed by atoms with van der Waals surface area (Å²) in [6, 6.07) is 16.9. The molecule has 1 heterocycles. The van der Waals surface area contributed by atoms with Crippen LogP contribution in [0.15, 0.2) is 48.5 Å². The van der Waals surface area contributed by atoms with Crippen LogP contribution in [-0.4, -0.2) is 13.2 Å². The van der Waals surface area contributed by atoms with E-state index in [0.29, 0.717) is 6.61 Å². The second-order valence-corrected chi connectivity index (χ2v) is 5.17. The molecule has 3 nitrogen and oxygen atoms in total. The molecule has 2 aromatic carbocycles. The van der Waals surface area contributed by atoms with Gasteiger partial charge in [0.1, 0.15) is 5.75 Å². The normalized spacial score (nSPS) is 16.9. The summed E-state index contributed by atoms with van der Waals surface area (Å²) in [5.41, 5.74) is 3.57. The Bertz CT molecular complexity index is 597. The first-order chi connectivity index (χ1) is 10.4. The molecule has 1 aliphatic rings. The molecule has 2 aromatic rings. The second-order valence-electron chi connectivity index (χ2n) is 5.17. The van der Waals surface area contributed by atoms with Crippen LogP contribution >= 0.6 is 0 Å². The molecule has 1 atom stereocenters. The number of ether oxygens (including phenoxy) is 2. The van der Waals surface area contributed by atoms with E-state index in [4.69, 9.17) is 9.47 Å². The van der Waals surface area contributed by atoms with Gasteiger partial charge in [0.2, 0.25) is 0 Å². The molecule has 3 rings (SSSR count). The quantitative estimate of drug-likeness (QED) is 0.893. The van der Waals surface area contributed by atoms with Gasteiger partial charge in [0.05, 0.1) is 19.3 Å². The Kier molecular flexibility index (Phi) is 4.41. The van der Waals surface area contributed by atoms with E-state index in [1.165, 1.54) is 11.1 Å². The van der Waals surface area contributed by atoms with Crippen LogP contribution in [0.4, 0.5) is 5.69 Å². The highest BCUT2D eigenvalue weighted by molar-refractivity contribution is 5.54. The van der Waals surface area contributed by atoms with Crippen LogP contribution in [0, 0.1) is 0 Å². The molecule has 0 amide bonds. The SMILES string of the molecule is CCOCc1ccccc1NC1CCOc2ccccc21. The number of hydrogen-bond acceptors (Lipinski definition) is 3. The molecular formula is C18H21NO2. The largest absolute Gasteiger partial charge is 0.493 e. The van der Waals surface area contributed by atoms with Crippen molar-refractivity contribution in [1.29, 1.82) is 0 Å². The minimum atomic E-state index is 0.290. The maximum Gasteiger partial charge on any atom is 0.124 e. The number of fused-ring (bicyclic) bond motifs is 1. The fourth-order valence-corrected chi connectivity index (χ4v) is 2.68. The Morgan fingerprint density at radius 2 is 1.95 bits per heavy atom. The minimum Gasteiger partial charge on any atom is -0.493 e. The van der Waals surface area contributed by atoms with E-state index in [1.54, 1.807) is 0 Å². The first kappa shape index (κ1) is 14.0. The van der Waals surface area contributed by atoms with Gasteiger partial charge in [0, 0.05) is 29.8 Å². The summed E-state index contributed by atoms with van der Waals surface area (Å²) >= 11 is 0. The number of anilines is 1. The molecule has 21 heavy (non-hydrogen) atoms. The summed E-state index contributed by atoms with van der Waals surface area (Å²) in [6.07, 6.45) is 0.972. The number of para-hydroxylation sites is 2. The van der Waals surface area contributed by atoms with Gasteiger partial charge in [-0.2, -0.15) is 0 Å². The molecule has 1 unspecified atom stereocenters. The first-order valence-corrected chi connectivity index (χ1v) is 7.52. The predicted molar refractivity (Wildman–Crippen MR) is 84.7 cm³/mol. The lowest BCUT2D eigenvalue weighted by Gasteiger charge is -2.28. The van der Waals surface area contributed by atoms with Crippen molar-refractivity contribution in [2.45, 2.75) is 26.0 Å². The van der Waals surface area contributed by atoms with Crippen LogP contribution in [-0.2, 0) is 11.3 Å². The van der Waals surface area contributed by atoms with Gasteiger partial charge in [0.15, 0.2) is 0 Å². The van der Waals surface area contributed by atoms with E-state index in [9.17, 15) is 0 Å². The molecule has 0 saturated carbocycles. The summed E-state index contributed by atoms with van der Waals surface area (Å²) < 4.78 is 11.3. The lowest BCUT2D eigenvalue weighted by molar-refractivity contribution is 0.134. The van der Waals surface area contributed by atoms with Crippen LogP contribution in [0.2, 0.25) is 0 Å². The monoisotopic (exact) mass is 283 g/mol. The number of nitrogens with one attached hydrogen (secondary N) is 1. The van der Waals surface area contributed by atoms with Crippen molar-refractivity contribution < 1.29 is 9.47 Å². The van der Waals surface area contributed by atoms with Gasteiger partial charge >= 0.3 is 0 Å². The highest BCUT2D eigenvalue weighted by Crippen LogP contribution is 2.34. The molecule has 0 fully saturated rings. The van der Waals surface area contributed by atoms with Gasteiger partial charge in [-0.1, -0.05) is 36.4 Å². The van der Waals surface area contributed by atoms with Gasteiger partial charge in [-0.3, -0.25) is 0 Å². The molecule has 0 radical (unpaired) electrons. The number of benzene rings is 2. The van der Waals surface area contributed by atoms with E-state index >= 15 is 0 Å². The van der Waals surface area contributed by atoms with E-state index in [2.05, 4.69) is 41.7 Å². The van der Waals surface area contributed by atoms with Gasteiger partial charge in [-0.25, -0.2) is 0 Å². The van der Waals surface area contributed by atoms with E-state index in [-0.39, 0.29) is 6.04 Å². The molecule has 0 aliphatic carbocycles. The van der Waals surface area contributed by atoms with Gasteiger partial charge < -0.3 is 14.8 Å². The van der Waals surface area contributed by atoms with Crippen LogP contribution in [0.25, 0.3) is 0 Å². The van der Waals surface area contributed by atoms with E-state index in [1.807, 2.05) is 19.1 Å². The Labute approximate surface area is 125 Å². The van der Waals surface area contributed by atoms with Gasteiger partial charge in [-0.05, 0) is 19.1 Å². The molecule has 0 saturated heterocycles. The standard InChI is InChI=1S/C18H21NO2/c1-2-20-13-14-7-3-5-9-16(14)19-17-11-12-21-18-10-6-4-8-15(17)18/h3-10,17,19H,2,11-13H2,1H3. The van der Waals surface area contributed by atoms with Crippen molar-refractivity contribution in [3.63, 3.8) is 0 Å². The minimum absolute atomic E-state index is 0.290. The zero-order valence-electron chi connectivity index (χ0n) is 12.3. The van der Waals surface area contributed by atoms with Gasteiger partial charge in [-0.15, -0.1) is 0 Å². The van der Waals surface area contributed by atoms with Crippen LogP contribution in [0.5, 0.6) is 5.75 Å². The third kappa shape index (κ3) is 3.19. The number of rotatable bonds is 5. The highest BCUT2D eigenvalue weighted by atomic mass is 16.5. The summed E-state index contributed by atoms with van der Waals surface area (Å²) in [7, 11) is 0. The summed E-state index contributed by atoms with van der Waals surface area (Å²) in [4.78, 5) is 0. The molecular weight excluding hydrogens is 262 g/mol. The topological polar surface area (TPSA) is 30.5 Å². The fraction of sp³-hybridized carbons (Fsp3) is 0.333. The Morgan fingerprint density at radius 1 is 1.14 bits per heavy atom. The van der Waals surface area contributed by atoms with Gasteiger partial charge in [0.25, 0.3) is 0 Å². The third-order valence-electron chi connectivity index (χ3n) is 3.77. The van der Waals surface area contributed by atoms with Crippen molar-refractivity contribution in [1.82, 2.24) is 0 Å². The van der Waals surface area contributed by atoms with E-state index < -0.39 is 0 Å². The average molecular weight is 283 g/mol. The molecule has 0 aromatic heterocycles. The average Bonchev–Trinajstić information content (AvgIpc) is 2.54. The smallest absolute Gasteiger partial charge is 0.124 e. The second kappa shape index (κ2) is 6.64. The summed E-state index contributed by atoms with van der Waals surface area (Å²) in [5.74, 6) is 0.989. The molecule has 3 heteroatoms. The van der Waals surface area contributed by atoms with Crippen molar-refractivity contribution in [3.05, 3.63) is 59.7 Å². The predicted octanol–water partition coefficient (Wildman–Crippen LogP) is 4.16. The molecule has 110 valence electrons. The molecule has 1 aliphatic heterocycles. The Balaban J connectivity index is 1.81. The zero-order chi connectivity index (χ0) is 14.5. The van der Waals surface area contributed by atoms with Crippen molar-refractivity contribution in [3.8, 4) is 5.75 Å². The highest BCUT2D eigenvalue weighted by Gasteiger charge is 2.21. The van der Waals surface area contributed by atoms with Crippen molar-refractivity contribution >= 4 is 5.69 Å². The van der Waals surface area contributed by atoms with Crippen LogP contribution in [0.3, 0.4) is 0 Å². The zero-order valence-corrected chi connectivity index (χ0v) is 12.3. The van der Waals surface area contributed by atoms with Crippen molar-refractivity contribution in [2.24, 2.45) is 0 Å². The summed E-state index contributed by atoms with van der Waals surface area (Å²) in [6.45, 7) is 4.14. The third-order valence-corrected chi connectivity index (χ3v) is 3.77. The fourth-order valence-electron chi connectivity index (χ4n) is 2.68. The molecule has 1 N–H and O–H groups in total. The molecule has 0 spiro atoms. The maximum atomic E-state index is 5.72. The Hall–Kier alpha value is -2.00. The van der Waals surface area contributed by atoms with Crippen molar-refractivity contribution in [2.75, 3.05) is 18.5 Å². The lowest BCUT2D eigenvalue weighted by Crippen LogP contribution is -2.20. The lowest BCUT2D eigenvalue weighted by atomic mass is 10.00. The van der Waals surface area contributed by atoms with Crippen LogP contribution in [0.1, 0.15) is 30.5 Å².